The van der Waals surface area contributed by atoms with E-state index in [-0.39, 0.29) is 0 Å². The van der Waals surface area contributed by atoms with E-state index in [9.17, 15) is 0 Å². The van der Waals surface area contributed by atoms with Crippen LogP contribution in [0.25, 0.3) is 0 Å². The molecule has 0 heterocycles. The Balaban J connectivity index is 3.32. The molecule has 56 valence electrons. The summed E-state index contributed by atoms with van der Waals surface area (Å²) in [6.45, 7) is 6.80. The van der Waals surface area contributed by atoms with Crippen molar-refractivity contribution in [1.29, 1.82) is 0 Å². The van der Waals surface area contributed by atoms with Crippen molar-refractivity contribution in [2.24, 2.45) is 0 Å². The van der Waals surface area contributed by atoms with E-state index in [0.29, 0.717) is 5.73 Å². The van der Waals surface area contributed by atoms with Crippen molar-refractivity contribution in [1.82, 2.24) is 0 Å². The molecule has 2 unspecified atom stereocenters. The average Bonchev–Trinajstić information content (AvgIpc) is 1.87. The van der Waals surface area contributed by atoms with E-state index in [0.717, 1.165) is 0 Å². The van der Waals surface area contributed by atoms with Gasteiger partial charge in [-0.05, 0) is 6.92 Å². The van der Waals surface area contributed by atoms with Crippen LogP contribution in [0.15, 0.2) is 0 Å². The fraction of sp³-hybridized carbons (Fsp3) is 1.00. The first-order valence-electron chi connectivity index (χ1n) is 3.75. The van der Waals surface area contributed by atoms with Crippen molar-refractivity contribution in [2.75, 3.05) is 7.11 Å². The first-order chi connectivity index (χ1) is 4.22. The van der Waals surface area contributed by atoms with Crippen LogP contribution in [0.1, 0.15) is 20.3 Å². The minimum atomic E-state index is -0.519. The molecule has 0 rings (SSSR count). The Morgan fingerprint density at radius 3 is 2.44 bits per heavy atom. The Kier molecular flexibility index (Phi) is 5.10. The molecule has 0 N–H and O–H groups in total. The number of hydrogen-bond donors (Lipinski definition) is 0. The summed E-state index contributed by atoms with van der Waals surface area (Å²) in [6.07, 6.45) is 1.32. The first kappa shape index (κ1) is 9.18. The van der Waals surface area contributed by atoms with Crippen LogP contribution in [0.3, 0.4) is 0 Å². The highest BCUT2D eigenvalue weighted by molar-refractivity contribution is 6.58. The van der Waals surface area contributed by atoms with Gasteiger partial charge in [0, 0.05) is 12.8 Å². The van der Waals surface area contributed by atoms with Crippen LogP contribution >= 0.6 is 0 Å². The SMILES string of the molecule is CCC[SiH](C)C(C)OC. The highest BCUT2D eigenvalue weighted by atomic mass is 28.3. The lowest BCUT2D eigenvalue weighted by Gasteiger charge is -2.15. The molecule has 0 fully saturated rings. The predicted octanol–water partition coefficient (Wildman–Crippen LogP) is 1.83. The highest BCUT2D eigenvalue weighted by Gasteiger charge is 2.10. The fourth-order valence-corrected chi connectivity index (χ4v) is 2.77. The van der Waals surface area contributed by atoms with Gasteiger partial charge in [0.2, 0.25) is 0 Å². The lowest BCUT2D eigenvalue weighted by Crippen LogP contribution is -2.25. The van der Waals surface area contributed by atoms with Crippen molar-refractivity contribution >= 4 is 8.80 Å². The summed E-state index contributed by atoms with van der Waals surface area (Å²) in [4.78, 5) is 0. The van der Waals surface area contributed by atoms with Gasteiger partial charge in [0.25, 0.3) is 0 Å². The van der Waals surface area contributed by atoms with Crippen LogP contribution < -0.4 is 0 Å². The van der Waals surface area contributed by atoms with E-state index < -0.39 is 8.80 Å². The first-order valence-corrected chi connectivity index (χ1v) is 6.39. The zero-order chi connectivity index (χ0) is 7.28. The van der Waals surface area contributed by atoms with Crippen molar-refractivity contribution in [3.8, 4) is 0 Å². The Morgan fingerprint density at radius 2 is 2.11 bits per heavy atom. The third-order valence-corrected chi connectivity index (χ3v) is 5.28. The van der Waals surface area contributed by atoms with Crippen LogP contribution in [0.2, 0.25) is 12.6 Å². The highest BCUT2D eigenvalue weighted by Crippen LogP contribution is 2.03. The molecule has 2 atom stereocenters. The molecule has 0 radical (unpaired) electrons. The zero-order valence-electron chi connectivity index (χ0n) is 6.98. The number of methoxy groups -OCH3 is 1. The Hall–Kier alpha value is 0.177. The maximum Gasteiger partial charge on any atom is 0.0682 e. The van der Waals surface area contributed by atoms with Crippen molar-refractivity contribution in [3.05, 3.63) is 0 Å². The van der Waals surface area contributed by atoms with E-state index in [4.69, 9.17) is 4.74 Å². The third-order valence-electron chi connectivity index (χ3n) is 1.92. The van der Waals surface area contributed by atoms with E-state index in [1.54, 1.807) is 0 Å². The summed E-state index contributed by atoms with van der Waals surface area (Å²) in [7, 11) is 1.29. The summed E-state index contributed by atoms with van der Waals surface area (Å²) in [5.41, 5.74) is 0.560. The van der Waals surface area contributed by atoms with Crippen LogP contribution in [0.4, 0.5) is 0 Å². The number of rotatable bonds is 4. The van der Waals surface area contributed by atoms with E-state index in [1.165, 1.54) is 12.5 Å². The molecule has 0 aliphatic rings. The molecule has 0 saturated heterocycles. The van der Waals surface area contributed by atoms with Gasteiger partial charge in [0.05, 0.1) is 8.80 Å². The molecule has 0 aromatic carbocycles. The second-order valence-electron chi connectivity index (χ2n) is 2.71. The predicted molar refractivity (Wildman–Crippen MR) is 44.6 cm³/mol. The third kappa shape index (κ3) is 3.70. The van der Waals surface area contributed by atoms with Gasteiger partial charge < -0.3 is 4.74 Å². The summed E-state index contributed by atoms with van der Waals surface area (Å²) in [6, 6.07) is 1.41. The number of hydrogen-bond acceptors (Lipinski definition) is 1. The largest absolute Gasteiger partial charge is 0.385 e. The molecule has 0 bridgehead atoms. The van der Waals surface area contributed by atoms with Gasteiger partial charge >= 0.3 is 0 Å². The topological polar surface area (TPSA) is 9.23 Å². The van der Waals surface area contributed by atoms with Gasteiger partial charge in [0.1, 0.15) is 0 Å². The van der Waals surface area contributed by atoms with Gasteiger partial charge in [-0.15, -0.1) is 0 Å². The Labute approximate surface area is 60.0 Å². The minimum Gasteiger partial charge on any atom is -0.385 e. The lowest BCUT2D eigenvalue weighted by atomic mass is 10.6. The van der Waals surface area contributed by atoms with Gasteiger partial charge in [-0.3, -0.25) is 0 Å². The summed E-state index contributed by atoms with van der Waals surface area (Å²) < 4.78 is 5.23. The summed E-state index contributed by atoms with van der Waals surface area (Å²) in [5, 5.41) is 0. The second kappa shape index (κ2) is 5.00. The standard InChI is InChI=1S/C7H18OSi/c1-5-6-9(4)7(2)8-3/h7,9H,5-6H2,1-4H3. The van der Waals surface area contributed by atoms with Crippen molar-refractivity contribution < 1.29 is 4.74 Å². The van der Waals surface area contributed by atoms with Gasteiger partial charge in [-0.1, -0.05) is 25.9 Å². The zero-order valence-corrected chi connectivity index (χ0v) is 8.13. The molecule has 1 nitrogen and oxygen atoms in total. The Morgan fingerprint density at radius 1 is 1.56 bits per heavy atom. The van der Waals surface area contributed by atoms with E-state index in [1.807, 2.05) is 7.11 Å². The van der Waals surface area contributed by atoms with Crippen molar-refractivity contribution in [2.45, 2.75) is 38.6 Å². The second-order valence-corrected chi connectivity index (χ2v) is 6.18. The molecule has 0 aromatic heterocycles. The van der Waals surface area contributed by atoms with Crippen LogP contribution in [-0.4, -0.2) is 21.6 Å². The smallest absolute Gasteiger partial charge is 0.0682 e. The fourth-order valence-electron chi connectivity index (χ4n) is 0.922. The quantitative estimate of drug-likeness (QED) is 0.550. The van der Waals surface area contributed by atoms with Gasteiger partial charge in [0.15, 0.2) is 0 Å². The molecule has 0 amide bonds. The maximum absolute atomic E-state index is 5.23. The molecular weight excluding hydrogens is 128 g/mol. The van der Waals surface area contributed by atoms with E-state index in [2.05, 4.69) is 20.4 Å². The minimum absolute atomic E-state index is 0.519. The average molecular weight is 146 g/mol. The molecule has 0 saturated carbocycles. The van der Waals surface area contributed by atoms with Crippen LogP contribution in [-0.2, 0) is 4.74 Å². The lowest BCUT2D eigenvalue weighted by molar-refractivity contribution is 0.175. The normalized spacial score (nSPS) is 17.3. The maximum atomic E-state index is 5.23. The number of ether oxygens (including phenoxy) is 1. The molecule has 2 heteroatoms. The summed E-state index contributed by atoms with van der Waals surface area (Å²) in [5.74, 6) is 0. The molecular formula is C7H18OSi. The molecule has 9 heavy (non-hydrogen) atoms. The molecule has 0 aliphatic carbocycles. The molecule has 0 aliphatic heterocycles. The monoisotopic (exact) mass is 146 g/mol. The molecule has 0 spiro atoms. The van der Waals surface area contributed by atoms with Gasteiger partial charge in [-0.25, -0.2) is 0 Å². The van der Waals surface area contributed by atoms with E-state index >= 15 is 0 Å². The van der Waals surface area contributed by atoms with Gasteiger partial charge in [-0.2, -0.15) is 0 Å². The van der Waals surface area contributed by atoms with Crippen molar-refractivity contribution in [3.63, 3.8) is 0 Å². The molecule has 0 aromatic rings. The summed E-state index contributed by atoms with van der Waals surface area (Å²) >= 11 is 0. The Bertz CT molecular complexity index is 65.9. The van der Waals surface area contributed by atoms with Crippen LogP contribution in [0.5, 0.6) is 0 Å². The van der Waals surface area contributed by atoms with Crippen LogP contribution in [0, 0.1) is 0 Å².